The first-order valence-corrected chi connectivity index (χ1v) is 6.33. The second-order valence-electron chi connectivity index (χ2n) is 4.01. The maximum Gasteiger partial charge on any atom is 0.222 e. The highest BCUT2D eigenvalue weighted by Gasteiger charge is 2.07. The van der Waals surface area contributed by atoms with E-state index in [1.54, 1.807) is 36.2 Å². The van der Waals surface area contributed by atoms with E-state index in [2.05, 4.69) is 0 Å². The van der Waals surface area contributed by atoms with E-state index in [0.29, 0.717) is 31.1 Å². The Labute approximate surface area is 113 Å². The molecule has 100 valence electrons. The van der Waals surface area contributed by atoms with Crippen molar-refractivity contribution in [1.29, 1.82) is 0 Å². The van der Waals surface area contributed by atoms with Gasteiger partial charge in [-0.15, -0.1) is 0 Å². The fourth-order valence-electron chi connectivity index (χ4n) is 1.40. The molecule has 0 heterocycles. The van der Waals surface area contributed by atoms with E-state index in [9.17, 15) is 4.79 Å². The molecular formula is C13H19ClN2O2. The number of likely N-dealkylation sites (N-methyl/N-ethyl adjacent to an activating group) is 1. The van der Waals surface area contributed by atoms with Gasteiger partial charge in [0.1, 0.15) is 12.4 Å². The lowest BCUT2D eigenvalue weighted by Gasteiger charge is -2.17. The molecule has 0 atom stereocenters. The zero-order valence-corrected chi connectivity index (χ0v) is 11.3. The Morgan fingerprint density at radius 3 is 2.67 bits per heavy atom. The molecule has 1 aromatic rings. The number of nitrogens with zero attached hydrogens (tertiary/aromatic N) is 1. The van der Waals surface area contributed by atoms with Crippen molar-refractivity contribution in [3.05, 3.63) is 29.3 Å². The molecule has 0 bridgehead atoms. The molecular weight excluding hydrogens is 252 g/mol. The van der Waals surface area contributed by atoms with Crippen LogP contribution in [0.15, 0.2) is 24.3 Å². The van der Waals surface area contributed by atoms with Gasteiger partial charge >= 0.3 is 0 Å². The third-order valence-electron chi connectivity index (χ3n) is 2.53. The number of carbonyl (C=O) groups excluding carboxylic acids is 1. The summed E-state index contributed by atoms with van der Waals surface area (Å²) in [7, 11) is 1.77. The lowest BCUT2D eigenvalue weighted by atomic mass is 10.3. The van der Waals surface area contributed by atoms with Gasteiger partial charge in [-0.1, -0.05) is 11.6 Å². The van der Waals surface area contributed by atoms with E-state index in [1.807, 2.05) is 0 Å². The Morgan fingerprint density at radius 1 is 1.39 bits per heavy atom. The van der Waals surface area contributed by atoms with Gasteiger partial charge in [-0.3, -0.25) is 4.79 Å². The van der Waals surface area contributed by atoms with Crippen LogP contribution in [0.4, 0.5) is 0 Å². The predicted molar refractivity (Wildman–Crippen MR) is 72.9 cm³/mol. The summed E-state index contributed by atoms with van der Waals surface area (Å²) in [4.78, 5) is 13.2. The molecule has 4 nitrogen and oxygen atoms in total. The number of hydrogen-bond donors (Lipinski definition) is 1. The SMILES string of the molecule is CN(CCOc1ccc(Cl)cc1)C(=O)CCCN. The van der Waals surface area contributed by atoms with Gasteiger partial charge in [0.15, 0.2) is 0 Å². The molecule has 0 aliphatic rings. The Kier molecular flexibility index (Phi) is 6.54. The molecule has 18 heavy (non-hydrogen) atoms. The molecule has 0 saturated carbocycles. The molecule has 0 aliphatic heterocycles. The minimum atomic E-state index is 0.0974. The molecule has 0 saturated heterocycles. The van der Waals surface area contributed by atoms with Crippen LogP contribution in [-0.4, -0.2) is 37.6 Å². The molecule has 0 radical (unpaired) electrons. The molecule has 0 spiro atoms. The van der Waals surface area contributed by atoms with Gasteiger partial charge in [-0.2, -0.15) is 0 Å². The molecule has 0 aliphatic carbocycles. The summed E-state index contributed by atoms with van der Waals surface area (Å²) >= 11 is 5.77. The van der Waals surface area contributed by atoms with Crippen LogP contribution < -0.4 is 10.5 Å². The zero-order chi connectivity index (χ0) is 13.4. The summed E-state index contributed by atoms with van der Waals surface area (Å²) in [6.45, 7) is 1.57. The summed E-state index contributed by atoms with van der Waals surface area (Å²) in [6, 6.07) is 7.15. The van der Waals surface area contributed by atoms with Crippen molar-refractivity contribution in [2.24, 2.45) is 5.73 Å². The van der Waals surface area contributed by atoms with E-state index in [1.165, 1.54) is 0 Å². The van der Waals surface area contributed by atoms with E-state index in [4.69, 9.17) is 22.1 Å². The van der Waals surface area contributed by atoms with Gasteiger partial charge in [-0.25, -0.2) is 0 Å². The Hall–Kier alpha value is -1.26. The van der Waals surface area contributed by atoms with Gasteiger partial charge in [0.25, 0.3) is 0 Å². The largest absolute Gasteiger partial charge is 0.492 e. The fraction of sp³-hybridized carbons (Fsp3) is 0.462. The Balaban J connectivity index is 2.24. The molecule has 1 amide bonds. The minimum absolute atomic E-state index is 0.0974. The molecule has 1 aromatic carbocycles. The van der Waals surface area contributed by atoms with Crippen LogP contribution in [0.2, 0.25) is 5.02 Å². The number of nitrogens with two attached hydrogens (primary N) is 1. The summed E-state index contributed by atoms with van der Waals surface area (Å²) in [5.74, 6) is 0.849. The third kappa shape index (κ3) is 5.38. The van der Waals surface area contributed by atoms with Gasteiger partial charge in [-0.05, 0) is 37.2 Å². The maximum atomic E-state index is 11.6. The fourth-order valence-corrected chi connectivity index (χ4v) is 1.53. The van der Waals surface area contributed by atoms with Crippen LogP contribution in [-0.2, 0) is 4.79 Å². The summed E-state index contributed by atoms with van der Waals surface area (Å²) in [5, 5.41) is 0.677. The minimum Gasteiger partial charge on any atom is -0.492 e. The predicted octanol–water partition coefficient (Wildman–Crippen LogP) is 1.92. The highest BCUT2D eigenvalue weighted by atomic mass is 35.5. The van der Waals surface area contributed by atoms with Crippen molar-refractivity contribution in [2.45, 2.75) is 12.8 Å². The van der Waals surface area contributed by atoms with Gasteiger partial charge in [0.05, 0.1) is 6.54 Å². The summed E-state index contributed by atoms with van der Waals surface area (Å²) < 4.78 is 5.51. The molecule has 2 N–H and O–H groups in total. The molecule has 5 heteroatoms. The number of carbonyl (C=O) groups is 1. The van der Waals surface area contributed by atoms with E-state index < -0.39 is 0 Å². The summed E-state index contributed by atoms with van der Waals surface area (Å²) in [5.41, 5.74) is 5.36. The standard InChI is InChI=1S/C13H19ClN2O2/c1-16(13(17)3-2-8-15)9-10-18-12-6-4-11(14)5-7-12/h4-7H,2-3,8-10,15H2,1H3. The second kappa shape index (κ2) is 7.95. The van der Waals surface area contributed by atoms with Crippen LogP contribution in [0, 0.1) is 0 Å². The van der Waals surface area contributed by atoms with Gasteiger partial charge in [0.2, 0.25) is 5.91 Å². The van der Waals surface area contributed by atoms with E-state index >= 15 is 0 Å². The van der Waals surface area contributed by atoms with Crippen molar-refractivity contribution in [2.75, 3.05) is 26.7 Å². The average Bonchev–Trinajstić information content (AvgIpc) is 2.38. The van der Waals surface area contributed by atoms with Crippen LogP contribution in [0.25, 0.3) is 0 Å². The number of hydrogen-bond acceptors (Lipinski definition) is 3. The number of halogens is 1. The Morgan fingerprint density at radius 2 is 2.06 bits per heavy atom. The lowest BCUT2D eigenvalue weighted by molar-refractivity contribution is -0.130. The number of rotatable bonds is 7. The molecule has 0 aromatic heterocycles. The number of amides is 1. The van der Waals surface area contributed by atoms with Crippen LogP contribution in [0.5, 0.6) is 5.75 Å². The van der Waals surface area contributed by atoms with Crippen LogP contribution in [0.1, 0.15) is 12.8 Å². The maximum absolute atomic E-state index is 11.6. The zero-order valence-electron chi connectivity index (χ0n) is 10.6. The van der Waals surface area contributed by atoms with Crippen molar-refractivity contribution in [3.8, 4) is 5.75 Å². The Bertz CT molecular complexity index is 368. The third-order valence-corrected chi connectivity index (χ3v) is 2.78. The molecule has 0 unspecified atom stereocenters. The first kappa shape index (κ1) is 14.8. The lowest BCUT2D eigenvalue weighted by Crippen LogP contribution is -2.31. The number of benzene rings is 1. The smallest absolute Gasteiger partial charge is 0.222 e. The van der Waals surface area contributed by atoms with Crippen molar-refractivity contribution < 1.29 is 9.53 Å². The van der Waals surface area contributed by atoms with E-state index in [-0.39, 0.29) is 5.91 Å². The average molecular weight is 271 g/mol. The monoisotopic (exact) mass is 270 g/mol. The second-order valence-corrected chi connectivity index (χ2v) is 4.45. The highest BCUT2D eigenvalue weighted by molar-refractivity contribution is 6.30. The van der Waals surface area contributed by atoms with Gasteiger partial charge < -0.3 is 15.4 Å². The molecule has 1 rings (SSSR count). The van der Waals surface area contributed by atoms with Crippen LogP contribution >= 0.6 is 11.6 Å². The topological polar surface area (TPSA) is 55.6 Å². The van der Waals surface area contributed by atoms with Crippen molar-refractivity contribution in [1.82, 2.24) is 4.90 Å². The van der Waals surface area contributed by atoms with Gasteiger partial charge in [0, 0.05) is 18.5 Å². The first-order chi connectivity index (χ1) is 8.63. The van der Waals surface area contributed by atoms with Crippen molar-refractivity contribution in [3.63, 3.8) is 0 Å². The quantitative estimate of drug-likeness (QED) is 0.824. The first-order valence-electron chi connectivity index (χ1n) is 5.96. The summed E-state index contributed by atoms with van der Waals surface area (Å²) in [6.07, 6.45) is 1.22. The normalized spacial score (nSPS) is 10.2. The molecule has 0 fully saturated rings. The van der Waals surface area contributed by atoms with Crippen LogP contribution in [0.3, 0.4) is 0 Å². The van der Waals surface area contributed by atoms with Crippen molar-refractivity contribution >= 4 is 17.5 Å². The highest BCUT2D eigenvalue weighted by Crippen LogP contribution is 2.15. The van der Waals surface area contributed by atoms with E-state index in [0.717, 1.165) is 12.2 Å². The number of ether oxygens (including phenoxy) is 1.